The molecule has 0 saturated heterocycles. The topological polar surface area (TPSA) is 18.6 Å². The third-order valence-electron chi connectivity index (χ3n) is 3.51. The maximum Gasteiger partial charge on any atom is 0.375 e. The van der Waals surface area contributed by atoms with Crippen molar-refractivity contribution in [3.8, 4) is 0 Å². The summed E-state index contributed by atoms with van der Waals surface area (Å²) in [6.07, 6.45) is 1.98. The Morgan fingerprint density at radius 2 is 1.30 bits per heavy atom. The summed E-state index contributed by atoms with van der Waals surface area (Å²) < 4.78 is 0. The van der Waals surface area contributed by atoms with Crippen LogP contribution in [-0.4, -0.2) is 0 Å². The second-order valence-corrected chi connectivity index (χ2v) is 5.83. The smallest absolute Gasteiger partial charge is 0.181 e. The van der Waals surface area contributed by atoms with Crippen LogP contribution in [0.2, 0.25) is 0 Å². The molecule has 4 rings (SSSR count). The highest BCUT2D eigenvalue weighted by atomic mass is 32.2. The van der Waals surface area contributed by atoms with Crippen molar-refractivity contribution in [3.63, 3.8) is 0 Å². The Bertz CT molecular complexity index is 710. The number of hydrogen-bond donors (Lipinski definition) is 1. The molecule has 0 aliphatic carbocycles. The van der Waals surface area contributed by atoms with E-state index >= 15 is 0 Å². The number of benzene rings is 2. The van der Waals surface area contributed by atoms with Crippen molar-refractivity contribution in [2.75, 3.05) is 0 Å². The van der Waals surface area contributed by atoms with E-state index in [2.05, 4.69) is 65.6 Å². The number of quaternary nitrogens is 1. The van der Waals surface area contributed by atoms with Crippen LogP contribution in [0.5, 0.6) is 0 Å². The third kappa shape index (κ3) is 1.83. The lowest BCUT2D eigenvalue weighted by Gasteiger charge is -2.23. The predicted octanol–water partition coefficient (Wildman–Crippen LogP) is 3.15. The normalized spacial score (nSPS) is 13.6. The Morgan fingerprint density at radius 3 is 1.90 bits per heavy atom. The number of hydrogen-bond acceptors (Lipinski definition) is 1. The van der Waals surface area contributed by atoms with Gasteiger partial charge in [0.15, 0.2) is 17.6 Å². The number of H-pyrrole nitrogens is 1. The SMILES string of the molecule is c1ccc([NH+]2c3ccccc3Sc3ccccc32)[nH+]c1. The van der Waals surface area contributed by atoms with Crippen molar-refractivity contribution in [3.05, 3.63) is 72.9 Å². The van der Waals surface area contributed by atoms with Crippen LogP contribution in [-0.2, 0) is 0 Å². The van der Waals surface area contributed by atoms with Crippen molar-refractivity contribution in [2.45, 2.75) is 9.79 Å². The molecule has 1 aliphatic heterocycles. The number of para-hydroxylation sites is 2. The Kier molecular flexibility index (Phi) is 2.80. The maximum atomic E-state index is 3.37. The van der Waals surface area contributed by atoms with E-state index in [0.717, 1.165) is 5.82 Å². The molecule has 0 spiro atoms. The van der Waals surface area contributed by atoms with Crippen LogP contribution in [0.1, 0.15) is 0 Å². The van der Waals surface area contributed by atoms with Gasteiger partial charge in [0.1, 0.15) is 0 Å². The van der Waals surface area contributed by atoms with Gasteiger partial charge in [0.05, 0.1) is 15.9 Å². The predicted molar refractivity (Wildman–Crippen MR) is 79.9 cm³/mol. The minimum Gasteiger partial charge on any atom is -0.181 e. The molecule has 2 aromatic carbocycles. The summed E-state index contributed by atoms with van der Waals surface area (Å²) in [4.78, 5) is 7.30. The highest BCUT2D eigenvalue weighted by Crippen LogP contribution is 2.40. The lowest BCUT2D eigenvalue weighted by Crippen LogP contribution is -2.99. The maximum absolute atomic E-state index is 3.37. The van der Waals surface area contributed by atoms with Gasteiger partial charge in [0, 0.05) is 18.2 Å². The van der Waals surface area contributed by atoms with Gasteiger partial charge in [-0.15, -0.1) is 0 Å². The van der Waals surface area contributed by atoms with Crippen LogP contribution >= 0.6 is 11.8 Å². The Hall–Kier alpha value is -2.10. The summed E-state index contributed by atoms with van der Waals surface area (Å²) in [5, 5.41) is 0. The summed E-state index contributed by atoms with van der Waals surface area (Å²) in [6, 6.07) is 23.4. The van der Waals surface area contributed by atoms with Crippen molar-refractivity contribution in [2.24, 2.45) is 0 Å². The first kappa shape index (κ1) is 11.7. The van der Waals surface area contributed by atoms with E-state index in [1.807, 2.05) is 24.0 Å². The van der Waals surface area contributed by atoms with Crippen LogP contribution in [0, 0.1) is 0 Å². The number of aromatic amines is 1. The quantitative estimate of drug-likeness (QED) is 0.566. The summed E-state index contributed by atoms with van der Waals surface area (Å²) in [5.41, 5.74) is 2.61. The number of aromatic nitrogens is 1. The van der Waals surface area contributed by atoms with Crippen molar-refractivity contribution >= 4 is 29.0 Å². The van der Waals surface area contributed by atoms with E-state index in [-0.39, 0.29) is 0 Å². The molecule has 0 bridgehead atoms. The molecule has 1 aromatic heterocycles. The van der Waals surface area contributed by atoms with E-state index in [1.54, 1.807) is 0 Å². The van der Waals surface area contributed by atoms with E-state index < -0.39 is 0 Å². The van der Waals surface area contributed by atoms with Gasteiger partial charge in [0.25, 0.3) is 0 Å². The molecule has 20 heavy (non-hydrogen) atoms. The summed E-state index contributed by atoms with van der Waals surface area (Å²) in [6.45, 7) is 0. The van der Waals surface area contributed by atoms with Gasteiger partial charge in [-0.1, -0.05) is 36.0 Å². The minimum atomic E-state index is 1.16. The standard InChI is InChI=1S/C17H12N2S/c1-3-9-15-13(7-1)19(17-11-5-6-12-18-17)14-8-2-4-10-16(14)20-15/h1-12H/p+2. The lowest BCUT2D eigenvalue weighted by atomic mass is 10.2. The molecule has 1 aliphatic rings. The van der Waals surface area contributed by atoms with Crippen LogP contribution in [0.15, 0.2) is 82.7 Å². The summed E-state index contributed by atoms with van der Waals surface area (Å²) in [5.74, 6) is 1.16. The first-order chi connectivity index (χ1) is 9.93. The number of pyridine rings is 1. The zero-order chi connectivity index (χ0) is 13.4. The Balaban J connectivity index is 1.98. The molecule has 2 heterocycles. The zero-order valence-corrected chi connectivity index (χ0v) is 11.7. The van der Waals surface area contributed by atoms with Crippen molar-refractivity contribution < 1.29 is 9.88 Å². The highest BCUT2D eigenvalue weighted by Gasteiger charge is 2.33. The average Bonchev–Trinajstić information content (AvgIpc) is 2.53. The molecule has 2 nitrogen and oxygen atoms in total. The molecule has 0 amide bonds. The largest absolute Gasteiger partial charge is 0.375 e. The number of rotatable bonds is 1. The molecule has 0 atom stereocenters. The van der Waals surface area contributed by atoms with E-state index in [9.17, 15) is 0 Å². The van der Waals surface area contributed by atoms with E-state index in [0.29, 0.717) is 0 Å². The molecule has 2 N–H and O–H groups in total. The van der Waals surface area contributed by atoms with Gasteiger partial charge in [-0.3, -0.25) is 0 Å². The van der Waals surface area contributed by atoms with Gasteiger partial charge < -0.3 is 0 Å². The molecule has 3 heteroatoms. The van der Waals surface area contributed by atoms with Gasteiger partial charge in [-0.25, -0.2) is 0 Å². The van der Waals surface area contributed by atoms with Crippen LogP contribution in [0.25, 0.3) is 0 Å². The van der Waals surface area contributed by atoms with Crippen LogP contribution in [0.4, 0.5) is 17.2 Å². The fourth-order valence-corrected chi connectivity index (χ4v) is 3.72. The average molecular weight is 278 g/mol. The molecule has 0 fully saturated rings. The Morgan fingerprint density at radius 1 is 0.700 bits per heavy atom. The van der Waals surface area contributed by atoms with E-state index in [1.165, 1.54) is 26.1 Å². The molecular weight excluding hydrogens is 264 g/mol. The zero-order valence-electron chi connectivity index (χ0n) is 10.8. The van der Waals surface area contributed by atoms with E-state index in [4.69, 9.17) is 0 Å². The van der Waals surface area contributed by atoms with Crippen molar-refractivity contribution in [1.29, 1.82) is 0 Å². The highest BCUT2D eigenvalue weighted by molar-refractivity contribution is 7.99. The van der Waals surface area contributed by atoms with Gasteiger partial charge in [-0.05, 0) is 18.2 Å². The molecule has 0 saturated carbocycles. The van der Waals surface area contributed by atoms with Gasteiger partial charge in [-0.2, -0.15) is 9.88 Å². The number of fused-ring (bicyclic) bond motifs is 2. The first-order valence-electron chi connectivity index (χ1n) is 6.64. The van der Waals surface area contributed by atoms with Gasteiger partial charge in [0.2, 0.25) is 0 Å². The summed E-state index contributed by atoms with van der Waals surface area (Å²) >= 11 is 1.85. The number of nitrogens with one attached hydrogen (secondary N) is 2. The summed E-state index contributed by atoms with van der Waals surface area (Å²) in [7, 11) is 0. The van der Waals surface area contributed by atoms with Crippen molar-refractivity contribution in [1.82, 2.24) is 0 Å². The second-order valence-electron chi connectivity index (χ2n) is 4.75. The van der Waals surface area contributed by atoms with Crippen LogP contribution in [0.3, 0.4) is 0 Å². The molecule has 0 radical (unpaired) electrons. The molecular formula is C17H14N2S+2. The molecule has 3 aromatic rings. The fourth-order valence-electron chi connectivity index (χ4n) is 2.63. The monoisotopic (exact) mass is 278 g/mol. The second kappa shape index (κ2) is 4.78. The lowest BCUT2D eigenvalue weighted by molar-refractivity contribution is -0.740. The molecule has 96 valence electrons. The fraction of sp³-hybridized carbons (Fsp3) is 0. The van der Waals surface area contributed by atoms with Gasteiger partial charge >= 0.3 is 5.82 Å². The van der Waals surface area contributed by atoms with Crippen LogP contribution < -0.4 is 9.88 Å². The third-order valence-corrected chi connectivity index (χ3v) is 4.66. The minimum absolute atomic E-state index is 1.16. The Labute approximate surface area is 122 Å². The first-order valence-corrected chi connectivity index (χ1v) is 7.46. The molecule has 0 unspecified atom stereocenters.